The highest BCUT2D eigenvalue weighted by atomic mass is 16.5. The molecule has 3 rings (SSSR count). The molecular weight excluding hydrogens is 294 g/mol. The molecule has 1 aliphatic heterocycles. The molecule has 5 nitrogen and oxygen atoms in total. The number of hydrogen-bond donors (Lipinski definition) is 1. The van der Waals surface area contributed by atoms with Crippen LogP contribution in [0.2, 0.25) is 0 Å². The van der Waals surface area contributed by atoms with Crippen LogP contribution < -0.4 is 10.1 Å². The first-order valence-corrected chi connectivity index (χ1v) is 7.84. The van der Waals surface area contributed by atoms with Crippen molar-refractivity contribution < 1.29 is 18.7 Å². The first-order valence-electron chi connectivity index (χ1n) is 7.84. The summed E-state index contributed by atoms with van der Waals surface area (Å²) in [5.74, 6) is 1.95. The first-order chi connectivity index (χ1) is 11.1. The zero-order chi connectivity index (χ0) is 16.2. The molecule has 1 fully saturated rings. The van der Waals surface area contributed by atoms with Gasteiger partial charge in [-0.05, 0) is 57.0 Å². The molecule has 1 amide bonds. The molecule has 0 spiro atoms. The van der Waals surface area contributed by atoms with E-state index in [1.807, 2.05) is 31.2 Å². The second kappa shape index (κ2) is 6.87. The van der Waals surface area contributed by atoms with Gasteiger partial charge < -0.3 is 19.2 Å². The molecule has 1 aromatic carbocycles. The van der Waals surface area contributed by atoms with Crippen LogP contribution >= 0.6 is 0 Å². The predicted octanol–water partition coefficient (Wildman–Crippen LogP) is 3.71. The molecule has 0 saturated carbocycles. The van der Waals surface area contributed by atoms with Crippen molar-refractivity contribution >= 4 is 11.6 Å². The first kappa shape index (κ1) is 15.6. The van der Waals surface area contributed by atoms with Gasteiger partial charge in [-0.25, -0.2) is 0 Å². The van der Waals surface area contributed by atoms with E-state index in [-0.39, 0.29) is 12.0 Å². The molecule has 23 heavy (non-hydrogen) atoms. The van der Waals surface area contributed by atoms with E-state index in [1.165, 1.54) is 0 Å². The number of aryl methyl sites for hydroxylation is 2. The topological polar surface area (TPSA) is 60.7 Å². The fraction of sp³-hybridized carbons (Fsp3) is 0.389. The van der Waals surface area contributed by atoms with E-state index < -0.39 is 0 Å². The van der Waals surface area contributed by atoms with Crippen molar-refractivity contribution in [2.45, 2.75) is 32.8 Å². The van der Waals surface area contributed by atoms with Crippen LogP contribution in [0.1, 0.15) is 34.7 Å². The maximum absolute atomic E-state index is 12.2. The fourth-order valence-corrected chi connectivity index (χ4v) is 2.65. The molecule has 2 aromatic rings. The standard InChI is InChI=1S/C18H21NO4/c1-12-10-17(13(2)23-12)18(20)19-14-5-7-15(8-6-14)22-11-16-4-3-9-21-16/h5-8,10,16H,3-4,9,11H2,1-2H3,(H,19,20). The van der Waals surface area contributed by atoms with Crippen molar-refractivity contribution in [3.63, 3.8) is 0 Å². The van der Waals surface area contributed by atoms with E-state index in [2.05, 4.69) is 5.32 Å². The number of carbonyl (C=O) groups is 1. The van der Waals surface area contributed by atoms with Gasteiger partial charge in [0.15, 0.2) is 0 Å². The molecule has 122 valence electrons. The lowest BCUT2D eigenvalue weighted by Crippen LogP contribution is -2.16. The molecule has 0 radical (unpaired) electrons. The van der Waals surface area contributed by atoms with Crippen LogP contribution in [0.5, 0.6) is 5.75 Å². The Balaban J connectivity index is 1.56. The molecule has 1 saturated heterocycles. The van der Waals surface area contributed by atoms with Crippen LogP contribution in [0.15, 0.2) is 34.7 Å². The minimum atomic E-state index is -0.174. The number of carbonyl (C=O) groups excluding carboxylic acids is 1. The molecule has 1 aromatic heterocycles. The average Bonchev–Trinajstić information content (AvgIpc) is 3.16. The van der Waals surface area contributed by atoms with Crippen molar-refractivity contribution in [1.29, 1.82) is 0 Å². The lowest BCUT2D eigenvalue weighted by atomic mass is 10.2. The van der Waals surface area contributed by atoms with Gasteiger partial charge in [-0.15, -0.1) is 0 Å². The third-order valence-electron chi connectivity index (χ3n) is 3.86. The van der Waals surface area contributed by atoms with Gasteiger partial charge in [0.05, 0.1) is 11.7 Å². The monoisotopic (exact) mass is 315 g/mol. The van der Waals surface area contributed by atoms with Crippen LogP contribution in [0.3, 0.4) is 0 Å². The maximum atomic E-state index is 12.2. The second-order valence-electron chi connectivity index (χ2n) is 5.75. The number of amides is 1. The summed E-state index contributed by atoms with van der Waals surface area (Å²) in [5.41, 5.74) is 1.28. The Labute approximate surface area is 135 Å². The van der Waals surface area contributed by atoms with Crippen LogP contribution in [0.4, 0.5) is 5.69 Å². The normalized spacial score (nSPS) is 17.2. The molecule has 1 atom stereocenters. The van der Waals surface area contributed by atoms with Gasteiger partial charge in [0.25, 0.3) is 5.91 Å². The minimum absolute atomic E-state index is 0.174. The Morgan fingerprint density at radius 3 is 2.70 bits per heavy atom. The minimum Gasteiger partial charge on any atom is -0.491 e. The van der Waals surface area contributed by atoms with Crippen LogP contribution in [-0.4, -0.2) is 25.2 Å². The third kappa shape index (κ3) is 3.93. The fourth-order valence-electron chi connectivity index (χ4n) is 2.65. The number of nitrogens with one attached hydrogen (secondary N) is 1. The summed E-state index contributed by atoms with van der Waals surface area (Å²) in [6.07, 6.45) is 2.35. The molecule has 0 bridgehead atoms. The Morgan fingerprint density at radius 1 is 1.30 bits per heavy atom. The summed E-state index contributed by atoms with van der Waals surface area (Å²) in [6.45, 7) is 5.00. The molecular formula is C18H21NO4. The molecule has 0 aliphatic carbocycles. The number of furan rings is 1. The van der Waals surface area contributed by atoms with Crippen LogP contribution in [0, 0.1) is 13.8 Å². The number of ether oxygens (including phenoxy) is 2. The summed E-state index contributed by atoms with van der Waals surface area (Å²) in [7, 11) is 0. The quantitative estimate of drug-likeness (QED) is 0.914. The van der Waals surface area contributed by atoms with E-state index in [0.717, 1.165) is 36.6 Å². The molecule has 5 heteroatoms. The highest BCUT2D eigenvalue weighted by molar-refractivity contribution is 6.05. The van der Waals surface area contributed by atoms with Crippen molar-refractivity contribution in [2.24, 2.45) is 0 Å². The van der Waals surface area contributed by atoms with Gasteiger partial charge in [-0.2, -0.15) is 0 Å². The van der Waals surface area contributed by atoms with Gasteiger partial charge >= 0.3 is 0 Å². The van der Waals surface area contributed by atoms with Crippen LogP contribution in [-0.2, 0) is 4.74 Å². The SMILES string of the molecule is Cc1cc(C(=O)Nc2ccc(OCC3CCCO3)cc2)c(C)o1. The predicted molar refractivity (Wildman–Crippen MR) is 87.0 cm³/mol. The van der Waals surface area contributed by atoms with Crippen molar-refractivity contribution in [2.75, 3.05) is 18.5 Å². The van der Waals surface area contributed by atoms with E-state index in [9.17, 15) is 4.79 Å². The van der Waals surface area contributed by atoms with E-state index in [4.69, 9.17) is 13.9 Å². The lowest BCUT2D eigenvalue weighted by molar-refractivity contribution is 0.0679. The Bertz CT molecular complexity index is 669. The van der Waals surface area contributed by atoms with Crippen molar-refractivity contribution in [3.05, 3.63) is 47.4 Å². The molecule has 2 heterocycles. The van der Waals surface area contributed by atoms with E-state index >= 15 is 0 Å². The second-order valence-corrected chi connectivity index (χ2v) is 5.75. The average molecular weight is 315 g/mol. The highest BCUT2D eigenvalue weighted by Gasteiger charge is 2.16. The summed E-state index contributed by atoms with van der Waals surface area (Å²) < 4.78 is 16.6. The molecule has 1 N–H and O–H groups in total. The molecule has 1 aliphatic rings. The zero-order valence-electron chi connectivity index (χ0n) is 13.4. The maximum Gasteiger partial charge on any atom is 0.259 e. The van der Waals surface area contributed by atoms with Gasteiger partial charge in [0.2, 0.25) is 0 Å². The smallest absolute Gasteiger partial charge is 0.259 e. The number of benzene rings is 1. The number of anilines is 1. The largest absolute Gasteiger partial charge is 0.491 e. The summed E-state index contributed by atoms with van der Waals surface area (Å²) >= 11 is 0. The molecule has 1 unspecified atom stereocenters. The van der Waals surface area contributed by atoms with E-state index in [0.29, 0.717) is 17.9 Å². The number of hydrogen-bond acceptors (Lipinski definition) is 4. The van der Waals surface area contributed by atoms with Gasteiger partial charge in [-0.3, -0.25) is 4.79 Å². The van der Waals surface area contributed by atoms with E-state index in [1.54, 1.807) is 13.0 Å². The Morgan fingerprint density at radius 2 is 2.09 bits per heavy atom. The Kier molecular flexibility index (Phi) is 4.67. The highest BCUT2D eigenvalue weighted by Crippen LogP contribution is 2.20. The van der Waals surface area contributed by atoms with Gasteiger partial charge in [-0.1, -0.05) is 0 Å². The van der Waals surface area contributed by atoms with Gasteiger partial charge in [0.1, 0.15) is 23.9 Å². The summed E-state index contributed by atoms with van der Waals surface area (Å²) in [5, 5.41) is 2.86. The Hall–Kier alpha value is -2.27. The number of rotatable bonds is 5. The zero-order valence-corrected chi connectivity index (χ0v) is 13.4. The third-order valence-corrected chi connectivity index (χ3v) is 3.86. The summed E-state index contributed by atoms with van der Waals surface area (Å²) in [4.78, 5) is 12.2. The van der Waals surface area contributed by atoms with Gasteiger partial charge in [0, 0.05) is 12.3 Å². The summed E-state index contributed by atoms with van der Waals surface area (Å²) in [6, 6.07) is 9.08. The van der Waals surface area contributed by atoms with Crippen LogP contribution in [0.25, 0.3) is 0 Å². The van der Waals surface area contributed by atoms with Crippen molar-refractivity contribution in [3.8, 4) is 5.75 Å². The van der Waals surface area contributed by atoms with Crippen molar-refractivity contribution in [1.82, 2.24) is 0 Å². The lowest BCUT2D eigenvalue weighted by Gasteiger charge is -2.12.